The van der Waals surface area contributed by atoms with Crippen LogP contribution in [0.4, 0.5) is 0 Å². The summed E-state index contributed by atoms with van der Waals surface area (Å²) in [6, 6.07) is 5.33. The van der Waals surface area contributed by atoms with E-state index in [1.165, 1.54) is 6.08 Å². The van der Waals surface area contributed by atoms with Crippen molar-refractivity contribution in [3.8, 4) is 18.1 Å². The molecular formula is C12H9BrO3. The van der Waals surface area contributed by atoms with Gasteiger partial charge in [-0.2, -0.15) is 0 Å². The first kappa shape index (κ1) is 12.3. The molecule has 1 aromatic rings. The minimum Gasteiger partial charge on any atom is -0.479 e. The van der Waals surface area contributed by atoms with Crippen LogP contribution in [0, 0.1) is 12.3 Å². The average Bonchev–Trinajstić information content (AvgIpc) is 2.25. The van der Waals surface area contributed by atoms with E-state index in [0.717, 1.165) is 10.5 Å². The van der Waals surface area contributed by atoms with E-state index in [1.807, 2.05) is 0 Å². The molecule has 0 amide bonds. The Kier molecular flexibility index (Phi) is 4.62. The van der Waals surface area contributed by atoms with Crippen LogP contribution in [-0.4, -0.2) is 17.7 Å². The molecule has 0 aromatic heterocycles. The number of hydrogen-bond donors (Lipinski definition) is 1. The smallest absolute Gasteiger partial charge is 0.328 e. The normalized spacial score (nSPS) is 10.0. The first-order chi connectivity index (χ1) is 7.65. The number of hydrogen-bond acceptors (Lipinski definition) is 2. The Labute approximate surface area is 102 Å². The van der Waals surface area contributed by atoms with E-state index in [4.69, 9.17) is 16.3 Å². The van der Waals surface area contributed by atoms with Crippen molar-refractivity contribution in [2.24, 2.45) is 0 Å². The molecule has 0 heterocycles. The number of carboxylic acids is 1. The van der Waals surface area contributed by atoms with Gasteiger partial charge in [-0.3, -0.25) is 0 Å². The number of aliphatic carboxylic acids is 1. The number of carboxylic acid groups (broad SMARTS) is 1. The predicted octanol–water partition coefficient (Wildman–Crippen LogP) is 2.56. The van der Waals surface area contributed by atoms with Crippen molar-refractivity contribution in [1.29, 1.82) is 0 Å². The summed E-state index contributed by atoms with van der Waals surface area (Å²) in [5.41, 5.74) is 0.659. The van der Waals surface area contributed by atoms with Gasteiger partial charge in [-0.15, -0.1) is 6.42 Å². The van der Waals surface area contributed by atoms with Crippen molar-refractivity contribution < 1.29 is 14.6 Å². The van der Waals surface area contributed by atoms with Crippen LogP contribution in [0.5, 0.6) is 5.75 Å². The molecule has 82 valence electrons. The van der Waals surface area contributed by atoms with Crippen molar-refractivity contribution in [3.63, 3.8) is 0 Å². The molecule has 0 fully saturated rings. The van der Waals surface area contributed by atoms with Gasteiger partial charge in [0.25, 0.3) is 0 Å². The Hall–Kier alpha value is -1.73. The minimum atomic E-state index is -1.01. The summed E-state index contributed by atoms with van der Waals surface area (Å²) in [6.07, 6.45) is 7.60. The third-order valence-electron chi connectivity index (χ3n) is 1.70. The van der Waals surface area contributed by atoms with E-state index in [9.17, 15) is 4.79 Å². The van der Waals surface area contributed by atoms with Crippen LogP contribution in [0.2, 0.25) is 0 Å². The molecule has 0 bridgehead atoms. The molecule has 0 aliphatic heterocycles. The van der Waals surface area contributed by atoms with Gasteiger partial charge in [0.15, 0.2) is 0 Å². The molecule has 1 aromatic carbocycles. The van der Waals surface area contributed by atoms with Crippen LogP contribution >= 0.6 is 15.9 Å². The molecule has 0 spiro atoms. The Morgan fingerprint density at radius 3 is 3.00 bits per heavy atom. The van der Waals surface area contributed by atoms with E-state index in [1.54, 1.807) is 18.2 Å². The molecule has 16 heavy (non-hydrogen) atoms. The standard InChI is InChI=1S/C12H9BrO3/c1-2-8-16-12-9(6-7-11(14)15)4-3-5-10(12)13/h1,3-7H,8H2,(H,14,15)/b7-6+. The summed E-state index contributed by atoms with van der Waals surface area (Å²) >= 11 is 3.31. The van der Waals surface area contributed by atoms with Crippen molar-refractivity contribution in [2.45, 2.75) is 0 Å². The fraction of sp³-hybridized carbons (Fsp3) is 0.0833. The highest BCUT2D eigenvalue weighted by Crippen LogP contribution is 2.29. The Balaban J connectivity index is 3.03. The van der Waals surface area contributed by atoms with Gasteiger partial charge in [0.05, 0.1) is 4.47 Å². The average molecular weight is 281 g/mol. The van der Waals surface area contributed by atoms with Crippen LogP contribution in [0.15, 0.2) is 28.7 Å². The second-order valence-electron chi connectivity index (χ2n) is 2.82. The molecule has 0 atom stereocenters. The molecule has 0 radical (unpaired) electrons. The topological polar surface area (TPSA) is 46.5 Å². The fourth-order valence-electron chi connectivity index (χ4n) is 1.08. The zero-order valence-electron chi connectivity index (χ0n) is 8.31. The summed E-state index contributed by atoms with van der Waals surface area (Å²) in [7, 11) is 0. The van der Waals surface area contributed by atoms with Gasteiger partial charge >= 0.3 is 5.97 Å². The van der Waals surface area contributed by atoms with Crippen LogP contribution < -0.4 is 4.74 Å². The third-order valence-corrected chi connectivity index (χ3v) is 2.33. The monoisotopic (exact) mass is 280 g/mol. The van der Waals surface area contributed by atoms with Crippen LogP contribution in [0.25, 0.3) is 6.08 Å². The van der Waals surface area contributed by atoms with Gasteiger partial charge in [0, 0.05) is 11.6 Å². The lowest BCUT2D eigenvalue weighted by molar-refractivity contribution is -0.131. The van der Waals surface area contributed by atoms with E-state index in [2.05, 4.69) is 21.9 Å². The van der Waals surface area contributed by atoms with E-state index in [-0.39, 0.29) is 6.61 Å². The highest BCUT2D eigenvalue weighted by Gasteiger charge is 2.05. The van der Waals surface area contributed by atoms with Crippen LogP contribution in [-0.2, 0) is 4.79 Å². The summed E-state index contributed by atoms with van der Waals surface area (Å²) in [6.45, 7) is 0.135. The van der Waals surface area contributed by atoms with Crippen LogP contribution in [0.1, 0.15) is 5.56 Å². The lowest BCUT2D eigenvalue weighted by Crippen LogP contribution is -1.97. The molecule has 0 aliphatic rings. The van der Waals surface area contributed by atoms with Crippen molar-refractivity contribution >= 4 is 28.0 Å². The molecule has 4 heteroatoms. The number of ether oxygens (including phenoxy) is 1. The predicted molar refractivity (Wildman–Crippen MR) is 65.1 cm³/mol. The number of carbonyl (C=O) groups is 1. The number of benzene rings is 1. The van der Waals surface area contributed by atoms with Crippen molar-refractivity contribution in [2.75, 3.05) is 6.61 Å². The Morgan fingerprint density at radius 1 is 1.62 bits per heavy atom. The van der Waals surface area contributed by atoms with Crippen molar-refractivity contribution in [1.82, 2.24) is 0 Å². The molecule has 3 nitrogen and oxygen atoms in total. The molecule has 0 unspecified atom stereocenters. The maximum absolute atomic E-state index is 10.4. The lowest BCUT2D eigenvalue weighted by Gasteiger charge is -2.08. The second kappa shape index (κ2) is 5.99. The molecule has 0 saturated heterocycles. The first-order valence-electron chi connectivity index (χ1n) is 4.41. The van der Waals surface area contributed by atoms with Gasteiger partial charge in [-0.05, 0) is 28.1 Å². The second-order valence-corrected chi connectivity index (χ2v) is 3.68. The van der Waals surface area contributed by atoms with Gasteiger partial charge in [-0.1, -0.05) is 18.1 Å². The number of para-hydroxylation sites is 1. The zero-order chi connectivity index (χ0) is 12.0. The molecule has 1 rings (SSSR count). The third kappa shape index (κ3) is 3.44. The van der Waals surface area contributed by atoms with E-state index >= 15 is 0 Å². The molecule has 0 saturated carbocycles. The number of terminal acetylenes is 1. The maximum atomic E-state index is 10.4. The molecule has 0 aliphatic carbocycles. The molecular weight excluding hydrogens is 272 g/mol. The van der Waals surface area contributed by atoms with Gasteiger partial charge < -0.3 is 9.84 Å². The first-order valence-corrected chi connectivity index (χ1v) is 5.20. The van der Waals surface area contributed by atoms with Crippen LogP contribution in [0.3, 0.4) is 0 Å². The molecule has 1 N–H and O–H groups in total. The van der Waals surface area contributed by atoms with E-state index < -0.39 is 5.97 Å². The highest BCUT2D eigenvalue weighted by atomic mass is 79.9. The quantitative estimate of drug-likeness (QED) is 0.681. The summed E-state index contributed by atoms with van der Waals surface area (Å²) in [5.74, 6) is 1.88. The summed E-state index contributed by atoms with van der Waals surface area (Å²) in [5, 5.41) is 8.54. The lowest BCUT2D eigenvalue weighted by atomic mass is 10.2. The maximum Gasteiger partial charge on any atom is 0.328 e. The van der Waals surface area contributed by atoms with Crippen molar-refractivity contribution in [3.05, 3.63) is 34.3 Å². The summed E-state index contributed by atoms with van der Waals surface area (Å²) < 4.78 is 6.05. The number of rotatable bonds is 4. The van der Waals surface area contributed by atoms with Gasteiger partial charge in [-0.25, -0.2) is 4.79 Å². The van der Waals surface area contributed by atoms with Gasteiger partial charge in [0.1, 0.15) is 12.4 Å². The fourth-order valence-corrected chi connectivity index (χ4v) is 1.58. The zero-order valence-corrected chi connectivity index (χ0v) is 9.90. The summed E-state index contributed by atoms with van der Waals surface area (Å²) in [4.78, 5) is 10.4. The van der Waals surface area contributed by atoms with E-state index in [0.29, 0.717) is 11.3 Å². The largest absolute Gasteiger partial charge is 0.479 e. The highest BCUT2D eigenvalue weighted by molar-refractivity contribution is 9.10. The SMILES string of the molecule is C#CCOc1c(Br)cccc1/C=C/C(=O)O. The van der Waals surface area contributed by atoms with Gasteiger partial charge in [0.2, 0.25) is 0 Å². The Morgan fingerprint density at radius 2 is 2.38 bits per heavy atom. The Bertz CT molecular complexity index is 458. The number of halogens is 1. The minimum absolute atomic E-state index is 0.135.